The second-order valence-electron chi connectivity index (χ2n) is 1.22. The standard InChI is InChI=1S/C5H2BrFN/c6-4-1-2-8-5(7)3-4/h2-3H. The van der Waals surface area contributed by atoms with Gasteiger partial charge in [0.1, 0.15) is 0 Å². The first-order valence-electron chi connectivity index (χ1n) is 1.98. The molecule has 0 saturated heterocycles. The van der Waals surface area contributed by atoms with E-state index in [0.717, 1.165) is 0 Å². The van der Waals surface area contributed by atoms with E-state index in [1.165, 1.54) is 12.3 Å². The molecule has 0 unspecified atom stereocenters. The van der Waals surface area contributed by atoms with Crippen molar-refractivity contribution < 1.29 is 4.39 Å². The Kier molecular flexibility index (Phi) is 1.58. The third kappa shape index (κ3) is 1.26. The summed E-state index contributed by atoms with van der Waals surface area (Å²) in [6.07, 6.45) is 1.28. The van der Waals surface area contributed by atoms with Gasteiger partial charge in [-0.2, -0.15) is 4.39 Å². The highest BCUT2D eigenvalue weighted by Crippen LogP contribution is 2.06. The van der Waals surface area contributed by atoms with Crippen molar-refractivity contribution in [2.75, 3.05) is 0 Å². The molecule has 1 aromatic heterocycles. The first-order valence-corrected chi connectivity index (χ1v) is 2.77. The van der Waals surface area contributed by atoms with E-state index in [9.17, 15) is 4.39 Å². The van der Waals surface area contributed by atoms with Gasteiger partial charge in [-0.1, -0.05) is 0 Å². The molecule has 0 spiro atoms. The molecule has 1 radical (unpaired) electrons. The van der Waals surface area contributed by atoms with E-state index in [1.54, 1.807) is 0 Å². The molecule has 0 bridgehead atoms. The summed E-state index contributed by atoms with van der Waals surface area (Å²) in [6.45, 7) is 0. The molecule has 1 nitrogen and oxygen atoms in total. The van der Waals surface area contributed by atoms with Crippen molar-refractivity contribution in [2.24, 2.45) is 0 Å². The zero-order valence-corrected chi connectivity index (χ0v) is 5.44. The fourth-order valence-electron chi connectivity index (χ4n) is 0.339. The number of nitrogens with zero attached hydrogens (tertiary/aromatic N) is 1. The van der Waals surface area contributed by atoms with Gasteiger partial charge >= 0.3 is 0 Å². The number of hydrogen-bond donors (Lipinski definition) is 0. The maximum atomic E-state index is 12.0. The topological polar surface area (TPSA) is 12.9 Å². The molecule has 0 aliphatic rings. The molecule has 0 atom stereocenters. The summed E-state index contributed by atoms with van der Waals surface area (Å²) in [7, 11) is 0. The summed E-state index contributed by atoms with van der Waals surface area (Å²) in [5.74, 6) is -0.490. The highest BCUT2D eigenvalue weighted by atomic mass is 79.9. The van der Waals surface area contributed by atoms with Crippen LogP contribution in [0.1, 0.15) is 0 Å². The van der Waals surface area contributed by atoms with Gasteiger partial charge in [0.2, 0.25) is 5.95 Å². The van der Waals surface area contributed by atoms with Crippen molar-refractivity contribution in [3.8, 4) is 0 Å². The molecular formula is C5H2BrFN. The average Bonchev–Trinajstić information content (AvgIpc) is 1.64. The van der Waals surface area contributed by atoms with Crippen LogP contribution in [-0.4, -0.2) is 4.98 Å². The minimum atomic E-state index is -0.490. The third-order valence-corrected chi connectivity index (χ3v) is 1.09. The quantitative estimate of drug-likeness (QED) is 0.547. The van der Waals surface area contributed by atoms with Crippen molar-refractivity contribution in [3.63, 3.8) is 0 Å². The average molecular weight is 175 g/mol. The fourth-order valence-corrected chi connectivity index (χ4v) is 0.630. The number of hydrogen-bond acceptors (Lipinski definition) is 1. The minimum Gasteiger partial charge on any atom is -0.228 e. The first kappa shape index (κ1) is 5.69. The van der Waals surface area contributed by atoms with Gasteiger partial charge in [0, 0.05) is 22.8 Å². The molecule has 41 valence electrons. The number of aromatic nitrogens is 1. The maximum Gasteiger partial charge on any atom is 0.213 e. The van der Waals surface area contributed by atoms with E-state index in [-0.39, 0.29) is 0 Å². The van der Waals surface area contributed by atoms with Crippen LogP contribution >= 0.6 is 15.9 Å². The molecule has 8 heavy (non-hydrogen) atoms. The monoisotopic (exact) mass is 174 g/mol. The van der Waals surface area contributed by atoms with Gasteiger partial charge in [0.25, 0.3) is 0 Å². The van der Waals surface area contributed by atoms with Crippen LogP contribution in [-0.2, 0) is 0 Å². The van der Waals surface area contributed by atoms with Gasteiger partial charge in [-0.15, -0.1) is 0 Å². The Hall–Kier alpha value is -0.440. The molecule has 1 rings (SSSR count). The molecule has 0 fully saturated rings. The molecule has 3 heteroatoms. The zero-order chi connectivity index (χ0) is 5.98. The maximum absolute atomic E-state index is 12.0. The van der Waals surface area contributed by atoms with Gasteiger partial charge in [0.15, 0.2) is 0 Å². The lowest BCUT2D eigenvalue weighted by Gasteiger charge is -1.84. The predicted molar refractivity (Wildman–Crippen MR) is 30.7 cm³/mol. The van der Waals surface area contributed by atoms with Crippen molar-refractivity contribution in [2.45, 2.75) is 0 Å². The summed E-state index contributed by atoms with van der Waals surface area (Å²) >= 11 is 3.03. The van der Waals surface area contributed by atoms with Gasteiger partial charge < -0.3 is 0 Å². The normalized spacial score (nSPS) is 9.25. The van der Waals surface area contributed by atoms with Crippen LogP contribution < -0.4 is 0 Å². The Balaban J connectivity index is 3.08. The molecule has 0 aliphatic carbocycles. The van der Waals surface area contributed by atoms with Crippen LogP contribution in [0.15, 0.2) is 16.7 Å². The van der Waals surface area contributed by atoms with Crippen molar-refractivity contribution in [1.29, 1.82) is 0 Å². The third-order valence-electron chi connectivity index (χ3n) is 0.636. The van der Waals surface area contributed by atoms with E-state index >= 15 is 0 Å². The Morgan fingerprint density at radius 3 is 2.88 bits per heavy atom. The lowest BCUT2D eigenvalue weighted by Crippen LogP contribution is -1.77. The van der Waals surface area contributed by atoms with Crippen LogP contribution in [0.4, 0.5) is 4.39 Å². The lowest BCUT2D eigenvalue weighted by atomic mass is 10.5. The summed E-state index contributed by atoms with van der Waals surface area (Å²) in [4.78, 5) is 3.29. The molecule has 1 aromatic rings. The van der Waals surface area contributed by atoms with Gasteiger partial charge in [-0.3, -0.25) is 0 Å². The van der Waals surface area contributed by atoms with E-state index < -0.39 is 5.95 Å². The highest BCUT2D eigenvalue weighted by Gasteiger charge is 1.88. The van der Waals surface area contributed by atoms with Crippen LogP contribution in [0.25, 0.3) is 0 Å². The van der Waals surface area contributed by atoms with Gasteiger partial charge in [-0.05, 0) is 15.9 Å². The van der Waals surface area contributed by atoms with Crippen molar-refractivity contribution in [1.82, 2.24) is 4.98 Å². The smallest absolute Gasteiger partial charge is 0.213 e. The van der Waals surface area contributed by atoms with E-state index in [4.69, 9.17) is 0 Å². The number of halogens is 2. The van der Waals surface area contributed by atoms with Gasteiger partial charge in [-0.25, -0.2) is 4.98 Å². The molecule has 0 amide bonds. The molecular weight excluding hydrogens is 173 g/mol. The van der Waals surface area contributed by atoms with Crippen LogP contribution in [0.2, 0.25) is 0 Å². The molecule has 0 aromatic carbocycles. The lowest BCUT2D eigenvalue weighted by molar-refractivity contribution is 0.582. The Morgan fingerprint density at radius 1 is 1.75 bits per heavy atom. The summed E-state index contributed by atoms with van der Waals surface area (Å²) in [6, 6.07) is 3.89. The Labute approximate surface area is 54.7 Å². The van der Waals surface area contributed by atoms with Gasteiger partial charge in [0.05, 0.1) is 0 Å². The van der Waals surface area contributed by atoms with E-state index in [0.29, 0.717) is 4.47 Å². The zero-order valence-electron chi connectivity index (χ0n) is 3.86. The number of rotatable bonds is 0. The van der Waals surface area contributed by atoms with Crippen LogP contribution in [0.5, 0.6) is 0 Å². The van der Waals surface area contributed by atoms with Crippen molar-refractivity contribution >= 4 is 15.9 Å². The number of pyridine rings is 1. The first-order chi connectivity index (χ1) is 3.79. The van der Waals surface area contributed by atoms with Crippen molar-refractivity contribution in [3.05, 3.63) is 28.7 Å². The Bertz CT molecular complexity index is 172. The second-order valence-corrected chi connectivity index (χ2v) is 2.07. The second kappa shape index (κ2) is 2.22. The highest BCUT2D eigenvalue weighted by molar-refractivity contribution is 9.10. The molecule has 0 N–H and O–H groups in total. The van der Waals surface area contributed by atoms with Crippen LogP contribution in [0.3, 0.4) is 0 Å². The predicted octanol–water partition coefficient (Wildman–Crippen LogP) is 1.78. The van der Waals surface area contributed by atoms with Crippen LogP contribution in [0, 0.1) is 12.0 Å². The summed E-state index contributed by atoms with van der Waals surface area (Å²) < 4.78 is 12.6. The largest absolute Gasteiger partial charge is 0.228 e. The molecule has 0 saturated carbocycles. The van der Waals surface area contributed by atoms with E-state index in [1.807, 2.05) is 0 Å². The SMILES string of the molecule is Fc1cc(Br)[c]cn1. The molecule has 1 heterocycles. The van der Waals surface area contributed by atoms with E-state index in [2.05, 4.69) is 27.0 Å². The Morgan fingerprint density at radius 2 is 2.50 bits per heavy atom. The fraction of sp³-hybridized carbons (Fsp3) is 0. The minimum absolute atomic E-state index is 0.490. The molecule has 0 aliphatic heterocycles. The summed E-state index contributed by atoms with van der Waals surface area (Å²) in [5.41, 5.74) is 0. The summed E-state index contributed by atoms with van der Waals surface area (Å²) in [5, 5.41) is 0.